The van der Waals surface area contributed by atoms with Crippen LogP contribution in [0.2, 0.25) is 0 Å². The molecule has 3 aromatic rings. The average molecular weight is 436 g/mol. The molecule has 1 fully saturated rings. The van der Waals surface area contributed by atoms with E-state index >= 15 is 0 Å². The van der Waals surface area contributed by atoms with Gasteiger partial charge >= 0.3 is 6.18 Å². The van der Waals surface area contributed by atoms with Crippen LogP contribution < -0.4 is 9.46 Å². The molecule has 1 aliphatic heterocycles. The molecule has 1 aromatic heterocycles. The Hall–Kier alpha value is -2.32. The lowest BCUT2D eigenvalue weighted by Crippen LogP contribution is -2.09. The van der Waals surface area contributed by atoms with Crippen molar-refractivity contribution < 1.29 is 22.6 Å². The molecule has 30 heavy (non-hydrogen) atoms. The number of hydrogen-bond donors (Lipinski definition) is 2. The summed E-state index contributed by atoms with van der Waals surface area (Å²) in [7, 11) is 0. The third-order valence-corrected chi connectivity index (χ3v) is 5.97. The monoisotopic (exact) mass is 436 g/mol. The first-order valence-electron chi connectivity index (χ1n) is 9.88. The first kappa shape index (κ1) is 20.9. The predicted molar refractivity (Wildman–Crippen MR) is 114 cm³/mol. The summed E-state index contributed by atoms with van der Waals surface area (Å²) in [5, 5.41) is 1.03. The second-order valence-corrected chi connectivity index (χ2v) is 8.08. The number of ether oxygens (including phenoxy) is 2. The molecule has 160 valence electrons. The van der Waals surface area contributed by atoms with E-state index in [1.165, 1.54) is 12.1 Å². The number of halogens is 3. The van der Waals surface area contributed by atoms with Crippen LogP contribution in [0.5, 0.6) is 5.75 Å². The molecule has 2 aromatic carbocycles. The molecule has 2 N–H and O–H groups in total. The topological polar surface area (TPSA) is 46.3 Å². The first-order valence-corrected chi connectivity index (χ1v) is 10.9. The molecular formula is C22H23F3N2O2S. The van der Waals surface area contributed by atoms with E-state index in [2.05, 4.69) is 9.71 Å². The van der Waals surface area contributed by atoms with Gasteiger partial charge in [-0.2, -0.15) is 13.2 Å². The predicted octanol–water partition coefficient (Wildman–Crippen LogP) is 6.05. The molecule has 0 bridgehead atoms. The Morgan fingerprint density at radius 1 is 1.17 bits per heavy atom. The molecule has 1 atom stereocenters. The van der Waals surface area contributed by atoms with E-state index in [-0.39, 0.29) is 0 Å². The van der Waals surface area contributed by atoms with Crippen molar-refractivity contribution in [1.82, 2.24) is 4.98 Å². The van der Waals surface area contributed by atoms with Crippen LogP contribution >= 0.6 is 11.9 Å². The van der Waals surface area contributed by atoms with Gasteiger partial charge in [0.15, 0.2) is 0 Å². The number of rotatable bonds is 8. The summed E-state index contributed by atoms with van der Waals surface area (Å²) >= 11 is 1.63. The van der Waals surface area contributed by atoms with E-state index < -0.39 is 11.7 Å². The van der Waals surface area contributed by atoms with Gasteiger partial charge in [-0.3, -0.25) is 0 Å². The minimum Gasteiger partial charge on any atom is -0.493 e. The molecule has 0 saturated carbocycles. The minimum absolute atomic E-state index is 0.316. The van der Waals surface area contributed by atoms with Crippen LogP contribution in [-0.2, 0) is 17.3 Å². The standard InChI is InChI=1S/C22H23F3N2O2S/c23-22(24,25)16-5-3-15(4-6-16)9-11-29-17-7-8-20-19(12-17)21(13-26-20)27-30-14-18-2-1-10-28-18/h3-8,12-13,18,26-27H,1-2,9-11,14H2. The number of aromatic nitrogens is 1. The molecule has 0 radical (unpaired) electrons. The number of nitrogens with one attached hydrogen (secondary N) is 2. The molecule has 4 nitrogen and oxygen atoms in total. The van der Waals surface area contributed by atoms with Crippen molar-refractivity contribution in [3.8, 4) is 5.75 Å². The van der Waals surface area contributed by atoms with Crippen molar-refractivity contribution in [2.45, 2.75) is 31.5 Å². The first-order chi connectivity index (χ1) is 14.5. The van der Waals surface area contributed by atoms with E-state index in [0.29, 0.717) is 19.1 Å². The third kappa shape index (κ3) is 5.23. The molecular weight excluding hydrogens is 413 g/mol. The van der Waals surface area contributed by atoms with Crippen molar-refractivity contribution in [2.24, 2.45) is 0 Å². The molecule has 2 heterocycles. The van der Waals surface area contributed by atoms with Gasteiger partial charge in [0.2, 0.25) is 0 Å². The molecule has 4 rings (SSSR count). The number of fused-ring (bicyclic) bond motifs is 1. The van der Waals surface area contributed by atoms with Crippen molar-refractivity contribution in [2.75, 3.05) is 23.7 Å². The Balaban J connectivity index is 1.31. The van der Waals surface area contributed by atoms with Gasteiger partial charge in [0, 0.05) is 35.9 Å². The van der Waals surface area contributed by atoms with Crippen LogP contribution in [0, 0.1) is 0 Å². The SMILES string of the molecule is FC(F)(F)c1ccc(CCOc2ccc3[nH]cc(NSCC4CCCO4)c3c2)cc1. The maximum atomic E-state index is 12.6. The van der Waals surface area contributed by atoms with E-state index in [0.717, 1.165) is 65.2 Å². The second kappa shape index (κ2) is 9.22. The van der Waals surface area contributed by atoms with Crippen molar-refractivity contribution >= 4 is 28.5 Å². The molecule has 0 spiro atoms. The molecule has 1 aliphatic rings. The zero-order valence-electron chi connectivity index (χ0n) is 16.3. The summed E-state index contributed by atoms with van der Waals surface area (Å²) < 4.78 is 52.8. The Labute approximate surface area is 177 Å². The zero-order valence-corrected chi connectivity index (χ0v) is 17.1. The number of anilines is 1. The molecule has 0 amide bonds. The van der Waals surface area contributed by atoms with Gasteiger partial charge in [0.25, 0.3) is 0 Å². The Bertz CT molecular complexity index is 967. The van der Waals surface area contributed by atoms with Crippen LogP contribution in [0.25, 0.3) is 10.9 Å². The van der Waals surface area contributed by atoms with Crippen molar-refractivity contribution in [3.05, 3.63) is 59.8 Å². The molecule has 1 unspecified atom stereocenters. The number of H-pyrrole nitrogens is 1. The van der Waals surface area contributed by atoms with Crippen molar-refractivity contribution in [1.29, 1.82) is 0 Å². The number of hydrogen-bond acceptors (Lipinski definition) is 4. The van der Waals surface area contributed by atoms with Gasteiger partial charge in [0.05, 0.1) is 24.0 Å². The number of aromatic amines is 1. The Kier molecular flexibility index (Phi) is 6.43. The number of benzene rings is 2. The Morgan fingerprint density at radius 2 is 2.00 bits per heavy atom. The summed E-state index contributed by atoms with van der Waals surface area (Å²) in [6.07, 6.45) is 0.710. The summed E-state index contributed by atoms with van der Waals surface area (Å²) in [6, 6.07) is 11.0. The fourth-order valence-electron chi connectivity index (χ4n) is 3.41. The van der Waals surface area contributed by atoms with Crippen LogP contribution in [0.4, 0.5) is 18.9 Å². The van der Waals surface area contributed by atoms with Crippen LogP contribution in [0.3, 0.4) is 0 Å². The van der Waals surface area contributed by atoms with Crippen LogP contribution in [0.1, 0.15) is 24.0 Å². The van der Waals surface area contributed by atoms with Gasteiger partial charge in [-0.25, -0.2) is 0 Å². The smallest absolute Gasteiger partial charge is 0.416 e. The zero-order chi connectivity index (χ0) is 21.0. The second-order valence-electron chi connectivity index (χ2n) is 7.25. The molecule has 8 heteroatoms. The van der Waals surface area contributed by atoms with Crippen LogP contribution in [0.15, 0.2) is 48.7 Å². The lowest BCUT2D eigenvalue weighted by molar-refractivity contribution is -0.137. The van der Waals surface area contributed by atoms with Gasteiger partial charge in [-0.05, 0) is 60.7 Å². The highest BCUT2D eigenvalue weighted by Gasteiger charge is 2.29. The maximum Gasteiger partial charge on any atom is 0.416 e. The lowest BCUT2D eigenvalue weighted by Gasteiger charge is -2.10. The van der Waals surface area contributed by atoms with E-state index in [4.69, 9.17) is 9.47 Å². The fraction of sp³-hybridized carbons (Fsp3) is 0.364. The summed E-state index contributed by atoms with van der Waals surface area (Å²) in [6.45, 7) is 1.24. The fourth-order valence-corrected chi connectivity index (χ4v) is 4.27. The van der Waals surface area contributed by atoms with Crippen LogP contribution in [-0.4, -0.2) is 30.1 Å². The van der Waals surface area contributed by atoms with Gasteiger partial charge in [0.1, 0.15) is 5.75 Å². The van der Waals surface area contributed by atoms with Gasteiger partial charge in [-0.1, -0.05) is 12.1 Å². The van der Waals surface area contributed by atoms with Gasteiger partial charge < -0.3 is 19.2 Å². The van der Waals surface area contributed by atoms with E-state index in [9.17, 15) is 13.2 Å². The highest BCUT2D eigenvalue weighted by molar-refractivity contribution is 8.00. The van der Waals surface area contributed by atoms with E-state index in [1.807, 2.05) is 24.4 Å². The van der Waals surface area contributed by atoms with Crippen molar-refractivity contribution in [3.63, 3.8) is 0 Å². The largest absolute Gasteiger partial charge is 0.493 e. The molecule has 0 aliphatic carbocycles. The number of alkyl halides is 3. The third-order valence-electron chi connectivity index (χ3n) is 5.07. The quantitative estimate of drug-likeness (QED) is 0.422. The highest BCUT2D eigenvalue weighted by atomic mass is 32.2. The normalized spacial score (nSPS) is 16.8. The average Bonchev–Trinajstić information content (AvgIpc) is 3.38. The molecule has 1 saturated heterocycles. The Morgan fingerprint density at radius 3 is 2.73 bits per heavy atom. The maximum absolute atomic E-state index is 12.6. The summed E-state index contributed by atoms with van der Waals surface area (Å²) in [5.74, 6) is 1.62. The summed E-state index contributed by atoms with van der Waals surface area (Å²) in [4.78, 5) is 3.24. The lowest BCUT2D eigenvalue weighted by atomic mass is 10.1. The van der Waals surface area contributed by atoms with Gasteiger partial charge in [-0.15, -0.1) is 0 Å². The highest BCUT2D eigenvalue weighted by Crippen LogP contribution is 2.31. The minimum atomic E-state index is -4.31. The summed E-state index contributed by atoms with van der Waals surface area (Å²) in [5.41, 5.74) is 2.16. The van der Waals surface area contributed by atoms with E-state index in [1.54, 1.807) is 11.9 Å².